The third-order valence-corrected chi connectivity index (χ3v) is 7.33. The van der Waals surface area contributed by atoms with E-state index in [-0.39, 0.29) is 12.6 Å². The van der Waals surface area contributed by atoms with Gasteiger partial charge in [0.25, 0.3) is 5.91 Å². The van der Waals surface area contributed by atoms with Gasteiger partial charge in [-0.3, -0.25) is 14.9 Å². The summed E-state index contributed by atoms with van der Waals surface area (Å²) in [7, 11) is 0. The number of H-pyrrole nitrogens is 1. The first kappa shape index (κ1) is 26.3. The third kappa shape index (κ3) is 5.76. The number of halogens is 1. The van der Waals surface area contributed by atoms with Gasteiger partial charge >= 0.3 is 0 Å². The van der Waals surface area contributed by atoms with Gasteiger partial charge in [-0.25, -0.2) is 8.91 Å². The summed E-state index contributed by atoms with van der Waals surface area (Å²) in [5, 5.41) is 36.6. The first-order valence-electron chi connectivity index (χ1n) is 13.0. The van der Waals surface area contributed by atoms with Gasteiger partial charge in [0.05, 0.1) is 58.3 Å². The lowest BCUT2D eigenvalue weighted by atomic mass is 9.83. The average molecular weight is 531 g/mol. The zero-order valence-corrected chi connectivity index (χ0v) is 21.9. The summed E-state index contributed by atoms with van der Waals surface area (Å²) in [5.74, 6) is -0.0373. The first-order valence-corrected chi connectivity index (χ1v) is 13.0. The number of rotatable bonds is 8. The number of fused-ring (bicyclic) bond motifs is 1. The number of aliphatic hydroxyl groups is 1. The topological polar surface area (TPSA) is 144 Å². The molecule has 1 saturated carbocycles. The van der Waals surface area contributed by atoms with Crippen molar-refractivity contribution < 1.29 is 14.3 Å². The van der Waals surface area contributed by atoms with Crippen molar-refractivity contribution in [3.05, 3.63) is 65.7 Å². The molecule has 4 aromatic heterocycles. The third-order valence-electron chi connectivity index (χ3n) is 7.33. The average Bonchev–Trinajstić information content (AvgIpc) is 3.61. The first-order chi connectivity index (χ1) is 18.7. The second-order valence-electron chi connectivity index (χ2n) is 10.6. The van der Waals surface area contributed by atoms with E-state index >= 15 is 0 Å². The maximum atomic E-state index is 14.3. The van der Waals surface area contributed by atoms with Crippen LogP contribution >= 0.6 is 0 Å². The van der Waals surface area contributed by atoms with E-state index < -0.39 is 17.7 Å². The fraction of sp³-hybridized carbons (Fsp3) is 0.393. The summed E-state index contributed by atoms with van der Waals surface area (Å²) in [4.78, 5) is 17.7. The van der Waals surface area contributed by atoms with Gasteiger partial charge < -0.3 is 15.7 Å². The van der Waals surface area contributed by atoms with E-state index in [2.05, 4.69) is 37.0 Å². The zero-order valence-electron chi connectivity index (χ0n) is 21.9. The second kappa shape index (κ2) is 10.8. The minimum absolute atomic E-state index is 0.139. The van der Waals surface area contributed by atoms with Crippen LogP contribution in [0.1, 0.15) is 66.9 Å². The standard InChI is InChI=1S/C28H31FN8O2/c1-28(2,39)26(29)16-32-27(38)22-15-31-24(25-8-7-21-9-17(11-30)12-35-37(21)25)10-23(22)36-20-5-3-18(4-6-20)19-13-33-34-14-19/h7-10,12-15,18,20,26,39H,3-6,16H2,1-2H3,(H,31,36)(H,32,38)(H,33,34)/t18-,20+,26-/m1/s1. The lowest BCUT2D eigenvalue weighted by Crippen LogP contribution is -2.42. The van der Waals surface area contributed by atoms with Crippen LogP contribution in [0.4, 0.5) is 10.1 Å². The zero-order chi connectivity index (χ0) is 27.6. The maximum absolute atomic E-state index is 14.3. The van der Waals surface area contributed by atoms with E-state index in [4.69, 9.17) is 0 Å². The van der Waals surface area contributed by atoms with Crippen LogP contribution in [0.5, 0.6) is 0 Å². The predicted octanol–water partition coefficient (Wildman–Crippen LogP) is 3.97. The molecule has 0 bridgehead atoms. The SMILES string of the molecule is CC(C)(O)[C@H](F)CNC(=O)c1cnc(-c2ccc3cc(C#N)cnn23)cc1N[C@H]1CC[C@@H](c2cn[nH]c2)CC1. The molecule has 0 radical (unpaired) electrons. The van der Waals surface area contributed by atoms with Gasteiger partial charge in [0.2, 0.25) is 0 Å². The molecule has 0 saturated heterocycles. The van der Waals surface area contributed by atoms with Crippen LogP contribution in [0, 0.1) is 11.3 Å². The Balaban J connectivity index is 1.41. The van der Waals surface area contributed by atoms with Crippen molar-refractivity contribution in [3.63, 3.8) is 0 Å². The number of hydrogen-bond acceptors (Lipinski definition) is 7. The van der Waals surface area contributed by atoms with Gasteiger partial charge in [0, 0.05) is 18.4 Å². The normalized spacial score (nSPS) is 18.4. The van der Waals surface area contributed by atoms with Gasteiger partial charge in [-0.1, -0.05) is 0 Å². The van der Waals surface area contributed by atoms with Crippen molar-refractivity contribution in [1.29, 1.82) is 5.26 Å². The van der Waals surface area contributed by atoms with Gasteiger partial charge in [-0.2, -0.15) is 15.5 Å². The van der Waals surface area contributed by atoms with E-state index in [0.717, 1.165) is 31.2 Å². The Morgan fingerprint density at radius 2 is 2.05 bits per heavy atom. The number of carbonyl (C=O) groups is 1. The summed E-state index contributed by atoms with van der Waals surface area (Å²) < 4.78 is 16.0. The van der Waals surface area contributed by atoms with Gasteiger partial charge in [-0.15, -0.1) is 0 Å². The monoisotopic (exact) mass is 530 g/mol. The molecule has 0 unspecified atom stereocenters. The molecule has 5 rings (SSSR count). The van der Waals surface area contributed by atoms with Crippen molar-refractivity contribution in [2.24, 2.45) is 0 Å². The minimum atomic E-state index is -1.63. The Morgan fingerprint density at radius 1 is 1.26 bits per heavy atom. The molecule has 4 heterocycles. The molecule has 1 fully saturated rings. The number of hydrogen-bond donors (Lipinski definition) is 4. The molecule has 1 amide bonds. The second-order valence-corrected chi connectivity index (χ2v) is 10.6. The molecule has 10 nitrogen and oxygen atoms in total. The molecular weight excluding hydrogens is 499 g/mol. The van der Waals surface area contributed by atoms with Crippen molar-refractivity contribution >= 4 is 17.1 Å². The number of aromatic nitrogens is 5. The molecule has 0 spiro atoms. The number of carbonyl (C=O) groups excluding carboxylic acids is 1. The summed E-state index contributed by atoms with van der Waals surface area (Å²) >= 11 is 0. The van der Waals surface area contributed by atoms with Crippen LogP contribution in [0.15, 0.2) is 49.1 Å². The Kier molecular flexibility index (Phi) is 7.30. The molecule has 202 valence electrons. The quantitative estimate of drug-likeness (QED) is 0.270. The van der Waals surface area contributed by atoms with Crippen molar-refractivity contribution in [1.82, 2.24) is 30.1 Å². The fourth-order valence-electron chi connectivity index (χ4n) is 4.95. The Morgan fingerprint density at radius 3 is 2.74 bits per heavy atom. The van der Waals surface area contributed by atoms with Gasteiger partial charge in [0.1, 0.15) is 12.2 Å². The number of pyridine rings is 1. The Bertz CT molecular complexity index is 1490. The number of amides is 1. The molecule has 4 aromatic rings. The Labute approximate surface area is 225 Å². The molecule has 1 aliphatic rings. The molecule has 0 aliphatic heterocycles. The summed E-state index contributed by atoms with van der Waals surface area (Å²) in [5.41, 5.74) is 3.03. The summed E-state index contributed by atoms with van der Waals surface area (Å²) in [6.45, 7) is 2.40. The van der Waals surface area contributed by atoms with Crippen LogP contribution in [-0.4, -0.2) is 60.2 Å². The molecule has 11 heteroatoms. The van der Waals surface area contributed by atoms with Crippen LogP contribution in [-0.2, 0) is 0 Å². The van der Waals surface area contributed by atoms with Crippen molar-refractivity contribution in [2.75, 3.05) is 11.9 Å². The highest BCUT2D eigenvalue weighted by molar-refractivity contribution is 6.00. The van der Waals surface area contributed by atoms with Crippen LogP contribution < -0.4 is 10.6 Å². The predicted molar refractivity (Wildman–Crippen MR) is 144 cm³/mol. The molecule has 0 aromatic carbocycles. The number of nitriles is 1. The smallest absolute Gasteiger partial charge is 0.255 e. The van der Waals surface area contributed by atoms with Gasteiger partial charge in [-0.05, 0) is 75.3 Å². The summed E-state index contributed by atoms with van der Waals surface area (Å²) in [6.07, 6.45) is 8.95. The van der Waals surface area contributed by atoms with Crippen LogP contribution in [0.25, 0.3) is 16.9 Å². The molecule has 1 atom stereocenters. The van der Waals surface area contributed by atoms with Crippen LogP contribution in [0.2, 0.25) is 0 Å². The molecule has 1 aliphatic carbocycles. The minimum Gasteiger partial charge on any atom is -0.387 e. The van der Waals surface area contributed by atoms with E-state index in [9.17, 15) is 19.6 Å². The lowest BCUT2D eigenvalue weighted by Gasteiger charge is -2.30. The largest absolute Gasteiger partial charge is 0.387 e. The summed E-state index contributed by atoms with van der Waals surface area (Å²) in [6, 6.07) is 9.50. The Hall–Kier alpha value is -4.30. The highest BCUT2D eigenvalue weighted by atomic mass is 19.1. The number of nitrogens with one attached hydrogen (secondary N) is 3. The highest BCUT2D eigenvalue weighted by Gasteiger charge is 2.28. The van der Waals surface area contributed by atoms with E-state index in [0.29, 0.717) is 34.1 Å². The molecular formula is C28H31FN8O2. The van der Waals surface area contributed by atoms with E-state index in [1.807, 2.05) is 30.6 Å². The van der Waals surface area contributed by atoms with Gasteiger partial charge in [0.15, 0.2) is 0 Å². The van der Waals surface area contributed by atoms with Crippen molar-refractivity contribution in [3.8, 4) is 17.5 Å². The number of aromatic amines is 1. The van der Waals surface area contributed by atoms with E-state index in [1.54, 1.807) is 10.6 Å². The van der Waals surface area contributed by atoms with E-state index in [1.165, 1.54) is 31.8 Å². The number of nitrogens with zero attached hydrogens (tertiary/aromatic N) is 5. The number of alkyl halides is 1. The highest BCUT2D eigenvalue weighted by Crippen LogP contribution is 2.34. The molecule has 39 heavy (non-hydrogen) atoms. The van der Waals surface area contributed by atoms with Crippen molar-refractivity contribution in [2.45, 2.75) is 63.3 Å². The fourth-order valence-corrected chi connectivity index (χ4v) is 4.95. The molecule has 4 N–H and O–H groups in total. The maximum Gasteiger partial charge on any atom is 0.255 e. The van der Waals surface area contributed by atoms with Crippen LogP contribution in [0.3, 0.4) is 0 Å². The number of anilines is 1. The lowest BCUT2D eigenvalue weighted by molar-refractivity contribution is -0.00177.